The molecule has 0 aliphatic rings. The van der Waals surface area contributed by atoms with E-state index in [1.54, 1.807) is 11.3 Å². The van der Waals surface area contributed by atoms with Crippen molar-refractivity contribution in [3.8, 4) is 10.7 Å². The zero-order chi connectivity index (χ0) is 12.4. The zero-order valence-electron chi connectivity index (χ0n) is 10.7. The van der Waals surface area contributed by atoms with Crippen molar-refractivity contribution in [2.45, 2.75) is 33.4 Å². The van der Waals surface area contributed by atoms with E-state index in [0.29, 0.717) is 6.04 Å². The van der Waals surface area contributed by atoms with Crippen LogP contribution in [-0.2, 0) is 6.54 Å². The predicted octanol–water partition coefficient (Wildman–Crippen LogP) is 2.62. The number of aromatic nitrogens is 3. The molecule has 4 nitrogen and oxygen atoms in total. The third kappa shape index (κ3) is 2.25. The fourth-order valence-electron chi connectivity index (χ4n) is 1.80. The van der Waals surface area contributed by atoms with Gasteiger partial charge in [0.15, 0.2) is 0 Å². The maximum absolute atomic E-state index is 4.65. The molecule has 1 atom stereocenters. The number of imidazole rings is 1. The second-order valence-corrected chi connectivity index (χ2v) is 5.07. The van der Waals surface area contributed by atoms with E-state index in [-0.39, 0.29) is 0 Å². The van der Waals surface area contributed by atoms with Gasteiger partial charge in [-0.25, -0.2) is 9.97 Å². The van der Waals surface area contributed by atoms with Gasteiger partial charge in [-0.3, -0.25) is 0 Å². The van der Waals surface area contributed by atoms with Gasteiger partial charge in [-0.15, -0.1) is 11.3 Å². The largest absolute Gasteiger partial charge is 0.329 e. The molecule has 92 valence electrons. The lowest BCUT2D eigenvalue weighted by Crippen LogP contribution is -2.11. The molecule has 0 saturated carbocycles. The first-order chi connectivity index (χ1) is 8.17. The molecule has 0 saturated heterocycles. The molecule has 0 aliphatic heterocycles. The Morgan fingerprint density at radius 2 is 2.29 bits per heavy atom. The van der Waals surface area contributed by atoms with Crippen LogP contribution >= 0.6 is 11.3 Å². The first kappa shape index (κ1) is 12.3. The summed E-state index contributed by atoms with van der Waals surface area (Å²) in [4.78, 5) is 10.1. The third-order valence-electron chi connectivity index (χ3n) is 2.93. The van der Waals surface area contributed by atoms with Crippen LogP contribution in [0.5, 0.6) is 0 Å². The monoisotopic (exact) mass is 250 g/mol. The minimum Gasteiger partial charge on any atom is -0.329 e. The molecule has 2 aromatic heterocycles. The molecule has 5 heteroatoms. The fraction of sp³-hybridized carbons (Fsp3) is 0.500. The fourth-order valence-corrected chi connectivity index (χ4v) is 2.95. The van der Waals surface area contributed by atoms with Crippen LogP contribution < -0.4 is 5.32 Å². The maximum atomic E-state index is 4.65. The van der Waals surface area contributed by atoms with Crippen molar-refractivity contribution in [2.75, 3.05) is 7.05 Å². The van der Waals surface area contributed by atoms with Crippen LogP contribution in [0, 0.1) is 6.92 Å². The Labute approximate surface area is 106 Å². The van der Waals surface area contributed by atoms with E-state index in [2.05, 4.69) is 40.6 Å². The van der Waals surface area contributed by atoms with Gasteiger partial charge in [0.05, 0.1) is 23.9 Å². The lowest BCUT2D eigenvalue weighted by atomic mass is 10.2. The van der Waals surface area contributed by atoms with Crippen LogP contribution in [0.2, 0.25) is 0 Å². The van der Waals surface area contributed by atoms with Gasteiger partial charge in [-0.05, 0) is 27.8 Å². The standard InChI is InChI=1S/C12H18N4S/c1-5-16-7-14-6-10(16)12-15-9(3)11(17-12)8(2)13-4/h6-8,13H,5H2,1-4H3. The Balaban J connectivity index is 2.41. The molecule has 2 heterocycles. The number of nitrogens with one attached hydrogen (secondary N) is 1. The Morgan fingerprint density at radius 1 is 1.53 bits per heavy atom. The van der Waals surface area contributed by atoms with Crippen LogP contribution in [0.25, 0.3) is 10.7 Å². The number of hydrogen-bond donors (Lipinski definition) is 1. The Kier molecular flexibility index (Phi) is 3.59. The summed E-state index contributed by atoms with van der Waals surface area (Å²) in [7, 11) is 1.97. The highest BCUT2D eigenvalue weighted by atomic mass is 32.1. The minimum atomic E-state index is 0.347. The Hall–Kier alpha value is -1.20. The molecule has 2 aromatic rings. The number of nitrogens with zero attached hydrogens (tertiary/aromatic N) is 3. The van der Waals surface area contributed by atoms with Crippen molar-refractivity contribution in [3.05, 3.63) is 23.1 Å². The molecule has 0 bridgehead atoms. The molecule has 1 N–H and O–H groups in total. The third-order valence-corrected chi connectivity index (χ3v) is 4.29. The Morgan fingerprint density at radius 3 is 2.94 bits per heavy atom. The van der Waals surface area contributed by atoms with Crippen LogP contribution in [0.3, 0.4) is 0 Å². The molecule has 2 rings (SSSR count). The van der Waals surface area contributed by atoms with E-state index in [1.165, 1.54) is 4.88 Å². The predicted molar refractivity (Wildman–Crippen MR) is 71.2 cm³/mol. The SMILES string of the molecule is CCn1cncc1-c1nc(C)c(C(C)NC)s1. The van der Waals surface area contributed by atoms with Crippen LogP contribution in [0.4, 0.5) is 0 Å². The van der Waals surface area contributed by atoms with Gasteiger partial charge < -0.3 is 9.88 Å². The molecule has 0 radical (unpaired) electrons. The lowest BCUT2D eigenvalue weighted by molar-refractivity contribution is 0.658. The average molecular weight is 250 g/mol. The first-order valence-electron chi connectivity index (χ1n) is 5.82. The first-order valence-corrected chi connectivity index (χ1v) is 6.64. The Bertz CT molecular complexity index is 500. The normalized spacial score (nSPS) is 12.9. The van der Waals surface area contributed by atoms with Crippen molar-refractivity contribution < 1.29 is 0 Å². The van der Waals surface area contributed by atoms with E-state index in [1.807, 2.05) is 19.6 Å². The van der Waals surface area contributed by atoms with Gasteiger partial charge in [0.1, 0.15) is 5.01 Å². The summed E-state index contributed by atoms with van der Waals surface area (Å²) in [6.07, 6.45) is 3.74. The van der Waals surface area contributed by atoms with E-state index in [4.69, 9.17) is 0 Å². The highest BCUT2D eigenvalue weighted by molar-refractivity contribution is 7.15. The smallest absolute Gasteiger partial charge is 0.142 e. The molecule has 0 aliphatic carbocycles. The second kappa shape index (κ2) is 4.98. The topological polar surface area (TPSA) is 42.7 Å². The highest BCUT2D eigenvalue weighted by Crippen LogP contribution is 2.31. The molecule has 0 spiro atoms. The molecule has 0 fully saturated rings. The summed E-state index contributed by atoms with van der Waals surface area (Å²) in [5, 5.41) is 4.31. The average Bonchev–Trinajstić information content (AvgIpc) is 2.93. The van der Waals surface area contributed by atoms with Crippen molar-refractivity contribution >= 4 is 11.3 Å². The zero-order valence-corrected chi connectivity index (χ0v) is 11.5. The number of aryl methyl sites for hydroxylation is 2. The number of hydrogen-bond acceptors (Lipinski definition) is 4. The van der Waals surface area contributed by atoms with E-state index in [0.717, 1.165) is 22.9 Å². The van der Waals surface area contributed by atoms with E-state index >= 15 is 0 Å². The number of thiazole rings is 1. The van der Waals surface area contributed by atoms with Gasteiger partial charge in [0.25, 0.3) is 0 Å². The summed E-state index contributed by atoms with van der Waals surface area (Å²) < 4.78 is 2.12. The molecular weight excluding hydrogens is 232 g/mol. The maximum Gasteiger partial charge on any atom is 0.142 e. The van der Waals surface area contributed by atoms with Gasteiger partial charge in [0, 0.05) is 17.5 Å². The van der Waals surface area contributed by atoms with Gasteiger partial charge in [0.2, 0.25) is 0 Å². The summed E-state index contributed by atoms with van der Waals surface area (Å²) in [6, 6.07) is 0.347. The van der Waals surface area contributed by atoms with Crippen molar-refractivity contribution in [1.29, 1.82) is 0 Å². The lowest BCUT2D eigenvalue weighted by Gasteiger charge is -2.07. The van der Waals surface area contributed by atoms with Crippen molar-refractivity contribution in [1.82, 2.24) is 19.9 Å². The van der Waals surface area contributed by atoms with Crippen molar-refractivity contribution in [3.63, 3.8) is 0 Å². The second-order valence-electron chi connectivity index (χ2n) is 4.04. The summed E-state index contributed by atoms with van der Waals surface area (Å²) in [6.45, 7) is 7.25. The van der Waals surface area contributed by atoms with Gasteiger partial charge in [-0.2, -0.15) is 0 Å². The van der Waals surface area contributed by atoms with E-state index < -0.39 is 0 Å². The molecular formula is C12H18N4S. The van der Waals surface area contributed by atoms with Crippen LogP contribution in [0.15, 0.2) is 12.5 Å². The summed E-state index contributed by atoms with van der Waals surface area (Å²) >= 11 is 1.74. The molecule has 17 heavy (non-hydrogen) atoms. The van der Waals surface area contributed by atoms with Gasteiger partial charge in [-0.1, -0.05) is 0 Å². The quantitative estimate of drug-likeness (QED) is 0.907. The minimum absolute atomic E-state index is 0.347. The summed E-state index contributed by atoms with van der Waals surface area (Å²) in [5.41, 5.74) is 2.21. The molecule has 0 amide bonds. The molecule has 0 aromatic carbocycles. The van der Waals surface area contributed by atoms with Crippen molar-refractivity contribution in [2.24, 2.45) is 0 Å². The summed E-state index contributed by atoms with van der Waals surface area (Å²) in [5.74, 6) is 0. The highest BCUT2D eigenvalue weighted by Gasteiger charge is 2.15. The number of rotatable bonds is 4. The van der Waals surface area contributed by atoms with Gasteiger partial charge >= 0.3 is 0 Å². The molecule has 1 unspecified atom stereocenters. The van der Waals surface area contributed by atoms with Crippen LogP contribution in [0.1, 0.15) is 30.5 Å². The van der Waals surface area contributed by atoms with E-state index in [9.17, 15) is 0 Å². The van der Waals surface area contributed by atoms with Crippen LogP contribution in [-0.4, -0.2) is 21.6 Å².